The maximum atomic E-state index is 12.0. The van der Waals surface area contributed by atoms with E-state index in [1.165, 1.54) is 6.92 Å². The molecule has 1 aromatic rings. The first-order chi connectivity index (χ1) is 9.65. The van der Waals surface area contributed by atoms with E-state index in [2.05, 4.69) is 9.84 Å². The number of carbonyl (C=O) groups is 1. The lowest BCUT2D eigenvalue weighted by Crippen LogP contribution is -2.19. The van der Waals surface area contributed by atoms with Crippen molar-refractivity contribution < 1.29 is 32.7 Å². The monoisotopic (exact) mass is 311 g/mol. The van der Waals surface area contributed by atoms with Crippen LogP contribution in [0.25, 0.3) is 0 Å². The van der Waals surface area contributed by atoms with Crippen molar-refractivity contribution in [1.29, 1.82) is 0 Å². The third-order valence-corrected chi connectivity index (χ3v) is 2.49. The Hall–Kier alpha value is -2.33. The van der Waals surface area contributed by atoms with Crippen molar-refractivity contribution in [2.75, 3.05) is 6.61 Å². The first kappa shape index (κ1) is 16.7. The Balaban J connectivity index is 2.94. The summed E-state index contributed by atoms with van der Waals surface area (Å²) in [5, 5.41) is 23.3. The number of hydrogen-bond donors (Lipinski definition) is 1. The summed E-state index contributed by atoms with van der Waals surface area (Å²) >= 11 is 0. The summed E-state index contributed by atoms with van der Waals surface area (Å²) in [6, 6.07) is -1.16. The van der Waals surface area contributed by atoms with Crippen LogP contribution < -0.4 is 4.74 Å². The predicted octanol–water partition coefficient (Wildman–Crippen LogP) is 2.16. The molecule has 1 rings (SSSR count). The molecule has 1 atom stereocenters. The molecule has 0 bridgehead atoms. The zero-order chi connectivity index (χ0) is 16.2. The van der Waals surface area contributed by atoms with Crippen LogP contribution in [0.3, 0.4) is 0 Å². The summed E-state index contributed by atoms with van der Waals surface area (Å²) in [6.45, 7) is 0.682. The second-order valence-corrected chi connectivity index (χ2v) is 4.03. The van der Waals surface area contributed by atoms with Crippen LogP contribution in [0.4, 0.5) is 18.9 Å². The van der Waals surface area contributed by atoms with Gasteiger partial charge in [0, 0.05) is 0 Å². The molecule has 11 heteroatoms. The molecule has 8 nitrogen and oxygen atoms in total. The maximum Gasteiger partial charge on any atom is 0.392 e. The number of alkyl halides is 3. The molecule has 118 valence electrons. The van der Waals surface area contributed by atoms with Crippen LogP contribution in [0.5, 0.6) is 5.88 Å². The molecule has 0 saturated heterocycles. The van der Waals surface area contributed by atoms with Crippen LogP contribution >= 0.6 is 0 Å². The van der Waals surface area contributed by atoms with Crippen molar-refractivity contribution in [3.63, 3.8) is 0 Å². The fourth-order valence-electron chi connectivity index (χ4n) is 1.49. The molecular weight excluding hydrogens is 299 g/mol. The number of carboxylic acids is 1. The highest BCUT2D eigenvalue weighted by Gasteiger charge is 2.30. The summed E-state index contributed by atoms with van der Waals surface area (Å²) in [6.07, 6.45) is -4.85. The van der Waals surface area contributed by atoms with Gasteiger partial charge in [-0.1, -0.05) is 6.92 Å². The quantitative estimate of drug-likeness (QED) is 0.610. The third-order valence-electron chi connectivity index (χ3n) is 2.49. The largest absolute Gasteiger partial charge is 0.480 e. The standard InChI is InChI=1S/C10H12F3N3O5/c1-2-6(9(17)18)15-5-7(16(19)20)8(14-15)21-4-3-10(11,12)13/h5-6H,2-4H2,1H3,(H,17,18)/t6-/m1/s1. The van der Waals surface area contributed by atoms with Gasteiger partial charge < -0.3 is 9.84 Å². The molecule has 0 aliphatic rings. The van der Waals surface area contributed by atoms with Gasteiger partial charge in [0.25, 0.3) is 0 Å². The molecular formula is C10H12F3N3O5. The molecule has 0 aromatic carbocycles. The SMILES string of the molecule is CC[C@H](C(=O)O)n1cc([N+](=O)[O-])c(OCCC(F)(F)F)n1. The summed E-state index contributed by atoms with van der Waals surface area (Å²) in [4.78, 5) is 20.8. The Morgan fingerprint density at radius 2 is 2.24 bits per heavy atom. The lowest BCUT2D eigenvalue weighted by molar-refractivity contribution is -0.386. The second-order valence-electron chi connectivity index (χ2n) is 4.03. The smallest absolute Gasteiger partial charge is 0.392 e. The molecule has 0 fully saturated rings. The van der Waals surface area contributed by atoms with Crippen LogP contribution in [0.15, 0.2) is 6.20 Å². The summed E-state index contributed by atoms with van der Waals surface area (Å²) in [7, 11) is 0. The molecule has 0 aliphatic heterocycles. The van der Waals surface area contributed by atoms with Gasteiger partial charge in [0.05, 0.1) is 18.0 Å². The minimum Gasteiger partial charge on any atom is -0.480 e. The first-order valence-corrected chi connectivity index (χ1v) is 5.81. The van der Waals surface area contributed by atoms with E-state index < -0.39 is 47.7 Å². The van der Waals surface area contributed by atoms with Gasteiger partial charge in [-0.15, -0.1) is 5.10 Å². The fourth-order valence-corrected chi connectivity index (χ4v) is 1.49. The number of aromatic nitrogens is 2. The Morgan fingerprint density at radius 1 is 1.62 bits per heavy atom. The molecule has 0 aliphatic carbocycles. The highest BCUT2D eigenvalue weighted by Crippen LogP contribution is 2.28. The number of rotatable bonds is 7. The van der Waals surface area contributed by atoms with Crippen molar-refractivity contribution in [3.8, 4) is 5.88 Å². The normalized spacial score (nSPS) is 13.0. The lowest BCUT2D eigenvalue weighted by atomic mass is 10.2. The van der Waals surface area contributed by atoms with Crippen molar-refractivity contribution in [1.82, 2.24) is 9.78 Å². The van der Waals surface area contributed by atoms with Gasteiger partial charge in [-0.2, -0.15) is 13.2 Å². The number of halogens is 3. The van der Waals surface area contributed by atoms with Crippen LogP contribution in [0.1, 0.15) is 25.8 Å². The number of ether oxygens (including phenoxy) is 1. The van der Waals surface area contributed by atoms with Crippen LogP contribution in [-0.4, -0.2) is 38.6 Å². The highest BCUT2D eigenvalue weighted by atomic mass is 19.4. The number of hydrogen-bond acceptors (Lipinski definition) is 5. The molecule has 0 radical (unpaired) electrons. The van der Waals surface area contributed by atoms with Gasteiger partial charge >= 0.3 is 23.7 Å². The molecule has 0 amide bonds. The number of nitro groups is 1. The summed E-state index contributed by atoms with van der Waals surface area (Å²) < 4.78 is 41.4. The molecule has 0 saturated carbocycles. The lowest BCUT2D eigenvalue weighted by Gasteiger charge is -2.09. The van der Waals surface area contributed by atoms with Crippen molar-refractivity contribution >= 4 is 11.7 Å². The molecule has 1 aromatic heterocycles. The average Bonchev–Trinajstić information content (AvgIpc) is 2.72. The van der Waals surface area contributed by atoms with E-state index in [0.29, 0.717) is 0 Å². The molecule has 1 heterocycles. The maximum absolute atomic E-state index is 12.0. The molecule has 0 unspecified atom stereocenters. The molecule has 1 N–H and O–H groups in total. The van der Waals surface area contributed by atoms with Crippen LogP contribution in [-0.2, 0) is 4.79 Å². The van der Waals surface area contributed by atoms with Gasteiger partial charge in [0.1, 0.15) is 12.2 Å². The Bertz CT molecular complexity index is 528. The van der Waals surface area contributed by atoms with Crippen LogP contribution in [0.2, 0.25) is 0 Å². The van der Waals surface area contributed by atoms with Crippen molar-refractivity contribution in [3.05, 3.63) is 16.3 Å². The Labute approximate surface area is 116 Å². The van der Waals surface area contributed by atoms with Gasteiger partial charge in [-0.25, -0.2) is 9.48 Å². The first-order valence-electron chi connectivity index (χ1n) is 5.81. The van der Waals surface area contributed by atoms with E-state index in [1.807, 2.05) is 0 Å². The van der Waals surface area contributed by atoms with E-state index in [4.69, 9.17) is 5.11 Å². The van der Waals surface area contributed by atoms with Crippen LogP contribution in [0, 0.1) is 10.1 Å². The molecule has 21 heavy (non-hydrogen) atoms. The van der Waals surface area contributed by atoms with Gasteiger partial charge in [-0.3, -0.25) is 10.1 Å². The number of carboxylic acid groups (broad SMARTS) is 1. The summed E-state index contributed by atoms with van der Waals surface area (Å²) in [5.41, 5.74) is -0.683. The van der Waals surface area contributed by atoms with E-state index in [1.54, 1.807) is 0 Å². The number of nitrogens with zero attached hydrogens (tertiary/aromatic N) is 3. The van der Waals surface area contributed by atoms with Gasteiger partial charge in [0.2, 0.25) is 0 Å². The van der Waals surface area contributed by atoms with Crippen molar-refractivity contribution in [2.24, 2.45) is 0 Å². The summed E-state index contributed by atoms with van der Waals surface area (Å²) in [5.74, 6) is -1.90. The fraction of sp³-hybridized carbons (Fsp3) is 0.600. The zero-order valence-electron chi connectivity index (χ0n) is 10.8. The predicted molar refractivity (Wildman–Crippen MR) is 62.0 cm³/mol. The number of aliphatic carboxylic acids is 1. The Kier molecular flexibility index (Phi) is 5.11. The average molecular weight is 311 g/mol. The minimum absolute atomic E-state index is 0.0934. The van der Waals surface area contributed by atoms with Gasteiger partial charge in [0.15, 0.2) is 0 Å². The van der Waals surface area contributed by atoms with Crippen molar-refractivity contribution in [2.45, 2.75) is 32.0 Å². The third kappa shape index (κ3) is 4.61. The zero-order valence-corrected chi connectivity index (χ0v) is 10.8. The second kappa shape index (κ2) is 6.41. The van der Waals surface area contributed by atoms with E-state index >= 15 is 0 Å². The van der Waals surface area contributed by atoms with E-state index in [0.717, 1.165) is 10.9 Å². The molecule has 0 spiro atoms. The van der Waals surface area contributed by atoms with E-state index in [9.17, 15) is 28.1 Å². The van der Waals surface area contributed by atoms with Gasteiger partial charge in [-0.05, 0) is 6.42 Å². The highest BCUT2D eigenvalue weighted by molar-refractivity contribution is 5.71. The minimum atomic E-state index is -4.47. The Morgan fingerprint density at radius 3 is 2.67 bits per heavy atom. The van der Waals surface area contributed by atoms with E-state index in [-0.39, 0.29) is 6.42 Å². The topological polar surface area (TPSA) is 107 Å².